The largest absolute Gasteiger partial charge is 0.475 e. The summed E-state index contributed by atoms with van der Waals surface area (Å²) in [6, 6.07) is 6.30. The zero-order valence-electron chi connectivity index (χ0n) is 9.41. The van der Waals surface area contributed by atoms with Crippen LogP contribution >= 0.6 is 11.8 Å². The summed E-state index contributed by atoms with van der Waals surface area (Å²) in [7, 11) is 0. The number of benzene rings is 1. The number of rotatable bonds is 2. The first kappa shape index (κ1) is 10.8. The smallest absolute Gasteiger partial charge is 0.153 e. The zero-order chi connectivity index (χ0) is 11.1. The van der Waals surface area contributed by atoms with Crippen LogP contribution < -0.4 is 10.5 Å². The summed E-state index contributed by atoms with van der Waals surface area (Å²) in [6.45, 7) is 6.98. The van der Waals surface area contributed by atoms with Crippen LogP contribution in [0.2, 0.25) is 0 Å². The van der Waals surface area contributed by atoms with Gasteiger partial charge in [-0.1, -0.05) is 30.8 Å². The van der Waals surface area contributed by atoms with Crippen LogP contribution in [0.5, 0.6) is 5.75 Å². The molecule has 1 heterocycles. The number of para-hydroxylation sites is 1. The van der Waals surface area contributed by atoms with Gasteiger partial charge in [0, 0.05) is 0 Å². The van der Waals surface area contributed by atoms with Crippen molar-refractivity contribution in [2.75, 3.05) is 6.54 Å². The van der Waals surface area contributed by atoms with Gasteiger partial charge in [0.15, 0.2) is 4.93 Å². The maximum absolute atomic E-state index is 5.96. The first-order valence-corrected chi connectivity index (χ1v) is 6.06. The minimum atomic E-state index is -0.146. The van der Waals surface area contributed by atoms with Gasteiger partial charge in [-0.3, -0.25) is 0 Å². The third-order valence-corrected chi connectivity index (χ3v) is 3.71. The van der Waals surface area contributed by atoms with Gasteiger partial charge in [-0.2, -0.15) is 0 Å². The van der Waals surface area contributed by atoms with Crippen molar-refractivity contribution in [1.82, 2.24) is 0 Å². The van der Waals surface area contributed by atoms with E-state index in [0.717, 1.165) is 5.75 Å². The highest BCUT2D eigenvalue weighted by Gasteiger charge is 2.33. The predicted octanol–water partition coefficient (Wildman–Crippen LogP) is 2.97. The molecule has 0 amide bonds. The molecule has 82 valence electrons. The first-order chi connectivity index (χ1) is 7.03. The lowest BCUT2D eigenvalue weighted by Crippen LogP contribution is -2.19. The van der Waals surface area contributed by atoms with E-state index in [1.807, 2.05) is 0 Å². The summed E-state index contributed by atoms with van der Waals surface area (Å²) >= 11 is 1.77. The van der Waals surface area contributed by atoms with E-state index in [1.165, 1.54) is 10.5 Å². The maximum atomic E-state index is 5.96. The van der Waals surface area contributed by atoms with Gasteiger partial charge in [0.05, 0.1) is 4.90 Å². The summed E-state index contributed by atoms with van der Waals surface area (Å²) in [6.07, 6.45) is 0. The normalized spacial score (nSPS) is 19.5. The molecule has 1 aromatic carbocycles. The van der Waals surface area contributed by atoms with Crippen molar-refractivity contribution in [2.24, 2.45) is 5.73 Å². The fourth-order valence-electron chi connectivity index (χ4n) is 1.77. The minimum absolute atomic E-state index is 0.146. The molecule has 0 aliphatic carbocycles. The standard InChI is InChI=1S/C12H17NOS/c1-8(7-13)9-5-4-6-10-11(9)14-12(2,3)15-10/h4-6,8H,7,13H2,1-3H3. The Hall–Kier alpha value is -0.670. The molecule has 2 nitrogen and oxygen atoms in total. The predicted molar refractivity (Wildman–Crippen MR) is 64.5 cm³/mol. The fourth-order valence-corrected chi connectivity index (χ4v) is 2.82. The second-order valence-electron chi connectivity index (χ2n) is 4.42. The molecule has 0 spiro atoms. The van der Waals surface area contributed by atoms with Crippen LogP contribution in [0.15, 0.2) is 23.1 Å². The average Bonchev–Trinajstić information content (AvgIpc) is 2.49. The molecule has 3 heteroatoms. The van der Waals surface area contributed by atoms with Gasteiger partial charge < -0.3 is 10.5 Å². The highest BCUT2D eigenvalue weighted by atomic mass is 32.2. The van der Waals surface area contributed by atoms with Crippen LogP contribution in [-0.4, -0.2) is 11.5 Å². The Morgan fingerprint density at radius 3 is 2.87 bits per heavy atom. The lowest BCUT2D eigenvalue weighted by molar-refractivity contribution is 0.212. The average molecular weight is 223 g/mol. The quantitative estimate of drug-likeness (QED) is 0.837. The SMILES string of the molecule is CC(CN)c1cccc2c1OC(C)(C)S2. The molecule has 15 heavy (non-hydrogen) atoms. The Labute approximate surface area is 95.2 Å². The lowest BCUT2D eigenvalue weighted by atomic mass is 10.0. The Balaban J connectivity index is 2.41. The summed E-state index contributed by atoms with van der Waals surface area (Å²) < 4.78 is 5.96. The third kappa shape index (κ3) is 1.99. The third-order valence-electron chi connectivity index (χ3n) is 2.60. The second-order valence-corrected chi connectivity index (χ2v) is 6.04. The molecule has 0 radical (unpaired) electrons. The topological polar surface area (TPSA) is 35.2 Å². The number of fused-ring (bicyclic) bond motifs is 1. The van der Waals surface area contributed by atoms with E-state index in [1.54, 1.807) is 11.8 Å². The van der Waals surface area contributed by atoms with E-state index in [9.17, 15) is 0 Å². The van der Waals surface area contributed by atoms with Crippen LogP contribution in [0.1, 0.15) is 32.3 Å². The zero-order valence-corrected chi connectivity index (χ0v) is 10.2. The summed E-state index contributed by atoms with van der Waals surface area (Å²) in [5.41, 5.74) is 6.93. The summed E-state index contributed by atoms with van der Waals surface area (Å²) in [5, 5.41) is 0. The number of nitrogens with two attached hydrogens (primary N) is 1. The number of ether oxygens (including phenoxy) is 1. The Morgan fingerprint density at radius 2 is 2.20 bits per heavy atom. The highest BCUT2D eigenvalue weighted by Crippen LogP contribution is 2.49. The van der Waals surface area contributed by atoms with Crippen molar-refractivity contribution in [3.63, 3.8) is 0 Å². The Bertz CT molecular complexity index is 376. The maximum Gasteiger partial charge on any atom is 0.153 e. The van der Waals surface area contributed by atoms with Crippen LogP contribution in [0.4, 0.5) is 0 Å². The molecule has 1 unspecified atom stereocenters. The van der Waals surface area contributed by atoms with Crippen molar-refractivity contribution in [1.29, 1.82) is 0 Å². The molecule has 2 N–H and O–H groups in total. The van der Waals surface area contributed by atoms with Crippen molar-refractivity contribution in [3.05, 3.63) is 23.8 Å². The minimum Gasteiger partial charge on any atom is -0.475 e. The highest BCUT2D eigenvalue weighted by molar-refractivity contribution is 8.00. The second kappa shape index (κ2) is 3.72. The summed E-state index contributed by atoms with van der Waals surface area (Å²) in [4.78, 5) is 1.09. The van der Waals surface area contributed by atoms with Crippen LogP contribution in [0.25, 0.3) is 0 Å². The molecule has 1 aliphatic heterocycles. The molecule has 1 aromatic rings. The van der Waals surface area contributed by atoms with E-state index < -0.39 is 0 Å². The van der Waals surface area contributed by atoms with Crippen molar-refractivity contribution >= 4 is 11.8 Å². The summed E-state index contributed by atoms with van der Waals surface area (Å²) in [5.74, 6) is 1.39. The first-order valence-electron chi connectivity index (χ1n) is 5.24. The van der Waals surface area contributed by atoms with Crippen molar-refractivity contribution in [2.45, 2.75) is 36.5 Å². The lowest BCUT2D eigenvalue weighted by Gasteiger charge is -2.18. The van der Waals surface area contributed by atoms with Crippen molar-refractivity contribution in [3.8, 4) is 5.75 Å². The molecule has 2 rings (SSSR count). The number of hydrogen-bond donors (Lipinski definition) is 1. The van der Waals surface area contributed by atoms with E-state index >= 15 is 0 Å². The van der Waals surface area contributed by atoms with Crippen molar-refractivity contribution < 1.29 is 4.74 Å². The Kier molecular flexibility index (Phi) is 2.69. The van der Waals surface area contributed by atoms with Gasteiger partial charge in [0.25, 0.3) is 0 Å². The van der Waals surface area contributed by atoms with E-state index in [4.69, 9.17) is 10.5 Å². The molecule has 0 saturated heterocycles. The van der Waals surface area contributed by atoms with Crippen LogP contribution in [0.3, 0.4) is 0 Å². The fraction of sp³-hybridized carbons (Fsp3) is 0.500. The molecular weight excluding hydrogens is 206 g/mol. The van der Waals surface area contributed by atoms with Gasteiger partial charge in [-0.15, -0.1) is 0 Å². The van der Waals surface area contributed by atoms with Gasteiger partial charge in [0.1, 0.15) is 5.75 Å². The molecule has 1 atom stereocenters. The van der Waals surface area contributed by atoms with Gasteiger partial charge in [0.2, 0.25) is 0 Å². The Morgan fingerprint density at radius 1 is 1.47 bits per heavy atom. The molecular formula is C12H17NOS. The van der Waals surface area contributed by atoms with Gasteiger partial charge >= 0.3 is 0 Å². The van der Waals surface area contributed by atoms with E-state index in [2.05, 4.69) is 39.0 Å². The molecule has 0 bridgehead atoms. The van der Waals surface area contributed by atoms with E-state index in [0.29, 0.717) is 12.5 Å². The molecule has 0 aromatic heterocycles. The molecule has 0 saturated carbocycles. The monoisotopic (exact) mass is 223 g/mol. The van der Waals surface area contributed by atoms with Crippen LogP contribution in [0, 0.1) is 0 Å². The molecule has 0 fully saturated rings. The van der Waals surface area contributed by atoms with E-state index in [-0.39, 0.29) is 4.93 Å². The van der Waals surface area contributed by atoms with Gasteiger partial charge in [-0.25, -0.2) is 0 Å². The van der Waals surface area contributed by atoms with Crippen LogP contribution in [-0.2, 0) is 0 Å². The number of thioether (sulfide) groups is 1. The van der Waals surface area contributed by atoms with Gasteiger partial charge in [-0.05, 0) is 37.9 Å². The molecule has 1 aliphatic rings. The number of hydrogen-bond acceptors (Lipinski definition) is 3.